The van der Waals surface area contributed by atoms with Gasteiger partial charge in [-0.1, -0.05) is 29.8 Å². The third-order valence-electron chi connectivity index (χ3n) is 3.29. The van der Waals surface area contributed by atoms with Crippen LogP contribution in [0.25, 0.3) is 0 Å². The summed E-state index contributed by atoms with van der Waals surface area (Å²) in [6.07, 6.45) is 0.537. The van der Waals surface area contributed by atoms with Crippen LogP contribution in [0.15, 0.2) is 48.5 Å². The molecule has 0 spiro atoms. The zero-order chi connectivity index (χ0) is 16.9. The summed E-state index contributed by atoms with van der Waals surface area (Å²) < 4.78 is 12.9. The van der Waals surface area contributed by atoms with Gasteiger partial charge in [0, 0.05) is 17.1 Å². The number of nitrogens with one attached hydrogen (secondary N) is 2. The van der Waals surface area contributed by atoms with Crippen molar-refractivity contribution < 1.29 is 9.18 Å². The van der Waals surface area contributed by atoms with Gasteiger partial charge in [0.15, 0.2) is 5.82 Å². The van der Waals surface area contributed by atoms with Crippen LogP contribution in [-0.2, 0) is 17.6 Å². The van der Waals surface area contributed by atoms with Gasteiger partial charge < -0.3 is 5.32 Å². The van der Waals surface area contributed by atoms with Gasteiger partial charge in [0.2, 0.25) is 5.91 Å². The van der Waals surface area contributed by atoms with Crippen LogP contribution in [0.2, 0.25) is 5.02 Å². The van der Waals surface area contributed by atoms with Gasteiger partial charge in [-0.25, -0.2) is 9.37 Å². The van der Waals surface area contributed by atoms with E-state index in [1.807, 2.05) is 0 Å². The number of halogens is 2. The van der Waals surface area contributed by atoms with Crippen molar-refractivity contribution in [2.45, 2.75) is 12.8 Å². The van der Waals surface area contributed by atoms with E-state index in [1.54, 1.807) is 36.4 Å². The molecule has 3 aromatic rings. The maximum atomic E-state index is 12.9. The SMILES string of the molecule is O=C(Cc1n[nH]c(Cc2ccc(F)cc2)n1)Nc1cccc(Cl)c1. The second kappa shape index (κ2) is 7.23. The Morgan fingerprint density at radius 3 is 2.75 bits per heavy atom. The molecule has 122 valence electrons. The fourth-order valence-electron chi connectivity index (χ4n) is 2.20. The summed E-state index contributed by atoms with van der Waals surface area (Å²) in [6, 6.07) is 13.1. The maximum Gasteiger partial charge on any atom is 0.232 e. The molecule has 0 saturated carbocycles. The fraction of sp³-hybridized carbons (Fsp3) is 0.118. The number of anilines is 1. The third kappa shape index (κ3) is 4.39. The Morgan fingerprint density at radius 1 is 1.21 bits per heavy atom. The van der Waals surface area contributed by atoms with Crippen molar-refractivity contribution in [2.24, 2.45) is 0 Å². The normalized spacial score (nSPS) is 10.6. The Morgan fingerprint density at radius 2 is 2.00 bits per heavy atom. The number of aromatic nitrogens is 3. The van der Waals surface area contributed by atoms with Crippen LogP contribution in [0.4, 0.5) is 10.1 Å². The number of carbonyl (C=O) groups is 1. The first kappa shape index (κ1) is 16.1. The van der Waals surface area contributed by atoms with E-state index < -0.39 is 0 Å². The van der Waals surface area contributed by atoms with E-state index >= 15 is 0 Å². The molecule has 5 nitrogen and oxygen atoms in total. The number of amides is 1. The molecule has 0 aliphatic heterocycles. The second-order valence-corrected chi connectivity index (χ2v) is 5.67. The molecule has 24 heavy (non-hydrogen) atoms. The Kier molecular flexibility index (Phi) is 4.86. The Hall–Kier alpha value is -2.73. The lowest BCUT2D eigenvalue weighted by molar-refractivity contribution is -0.115. The molecule has 0 atom stereocenters. The number of hydrogen-bond acceptors (Lipinski definition) is 3. The molecule has 0 saturated heterocycles. The zero-order valence-corrected chi connectivity index (χ0v) is 13.3. The van der Waals surface area contributed by atoms with Crippen LogP contribution in [-0.4, -0.2) is 21.1 Å². The Labute approximate surface area is 142 Å². The molecule has 3 rings (SSSR count). The van der Waals surface area contributed by atoms with Gasteiger partial charge in [-0.05, 0) is 35.9 Å². The van der Waals surface area contributed by atoms with Crippen LogP contribution in [0.3, 0.4) is 0 Å². The highest BCUT2D eigenvalue weighted by Gasteiger charge is 2.10. The number of aromatic amines is 1. The van der Waals surface area contributed by atoms with Crippen molar-refractivity contribution in [2.75, 3.05) is 5.32 Å². The highest BCUT2D eigenvalue weighted by atomic mass is 35.5. The lowest BCUT2D eigenvalue weighted by Crippen LogP contribution is -2.15. The minimum Gasteiger partial charge on any atom is -0.326 e. The monoisotopic (exact) mass is 344 g/mol. The quantitative estimate of drug-likeness (QED) is 0.745. The van der Waals surface area contributed by atoms with Crippen molar-refractivity contribution in [3.05, 3.63) is 76.6 Å². The van der Waals surface area contributed by atoms with E-state index in [0.717, 1.165) is 5.56 Å². The van der Waals surface area contributed by atoms with E-state index in [4.69, 9.17) is 11.6 Å². The fourth-order valence-corrected chi connectivity index (χ4v) is 2.39. The smallest absolute Gasteiger partial charge is 0.232 e. The summed E-state index contributed by atoms with van der Waals surface area (Å²) in [6.45, 7) is 0. The van der Waals surface area contributed by atoms with Crippen molar-refractivity contribution in [3.8, 4) is 0 Å². The van der Waals surface area contributed by atoms with Gasteiger partial charge >= 0.3 is 0 Å². The van der Waals surface area contributed by atoms with E-state index in [0.29, 0.717) is 28.8 Å². The summed E-state index contributed by atoms with van der Waals surface area (Å²) in [4.78, 5) is 16.3. The number of carbonyl (C=O) groups excluding carboxylic acids is 1. The molecule has 1 heterocycles. The Balaban J connectivity index is 1.59. The van der Waals surface area contributed by atoms with Crippen molar-refractivity contribution in [1.82, 2.24) is 15.2 Å². The highest BCUT2D eigenvalue weighted by Crippen LogP contribution is 2.15. The van der Waals surface area contributed by atoms with E-state index in [9.17, 15) is 9.18 Å². The van der Waals surface area contributed by atoms with Crippen LogP contribution in [0, 0.1) is 5.82 Å². The van der Waals surface area contributed by atoms with Crippen LogP contribution in [0.1, 0.15) is 17.2 Å². The number of hydrogen-bond donors (Lipinski definition) is 2. The van der Waals surface area contributed by atoms with E-state index in [-0.39, 0.29) is 18.1 Å². The predicted octanol–water partition coefficient (Wildman–Crippen LogP) is 3.37. The predicted molar refractivity (Wildman–Crippen MR) is 89.4 cm³/mol. The van der Waals surface area contributed by atoms with Gasteiger partial charge in [0.05, 0.1) is 6.42 Å². The van der Waals surface area contributed by atoms with Gasteiger partial charge in [-0.2, -0.15) is 5.10 Å². The van der Waals surface area contributed by atoms with Crippen LogP contribution >= 0.6 is 11.6 Å². The average molecular weight is 345 g/mol. The van der Waals surface area contributed by atoms with Gasteiger partial charge in [0.1, 0.15) is 11.6 Å². The van der Waals surface area contributed by atoms with E-state index in [1.165, 1.54) is 12.1 Å². The lowest BCUT2D eigenvalue weighted by Gasteiger charge is -2.03. The molecule has 7 heteroatoms. The molecule has 1 aromatic heterocycles. The molecule has 2 aromatic carbocycles. The summed E-state index contributed by atoms with van der Waals surface area (Å²) in [7, 11) is 0. The molecule has 0 fully saturated rings. The van der Waals surface area contributed by atoms with Crippen molar-refractivity contribution in [1.29, 1.82) is 0 Å². The summed E-state index contributed by atoms with van der Waals surface area (Å²) in [5.74, 6) is 0.498. The van der Waals surface area contributed by atoms with Crippen LogP contribution < -0.4 is 5.32 Å². The summed E-state index contributed by atoms with van der Waals surface area (Å²) in [5, 5.41) is 10.1. The number of H-pyrrole nitrogens is 1. The number of rotatable bonds is 5. The summed E-state index contributed by atoms with van der Waals surface area (Å²) >= 11 is 5.87. The third-order valence-corrected chi connectivity index (χ3v) is 3.53. The first-order chi connectivity index (χ1) is 11.6. The topological polar surface area (TPSA) is 70.7 Å². The molecule has 2 N–H and O–H groups in total. The largest absolute Gasteiger partial charge is 0.326 e. The molecular weight excluding hydrogens is 331 g/mol. The molecule has 0 unspecified atom stereocenters. The minimum atomic E-state index is -0.283. The molecular formula is C17H14ClFN4O. The number of benzene rings is 2. The van der Waals surface area contributed by atoms with Gasteiger partial charge in [-0.3, -0.25) is 9.89 Å². The zero-order valence-electron chi connectivity index (χ0n) is 12.6. The first-order valence-electron chi connectivity index (χ1n) is 7.28. The van der Waals surface area contributed by atoms with Gasteiger partial charge in [0.25, 0.3) is 0 Å². The van der Waals surface area contributed by atoms with E-state index in [2.05, 4.69) is 20.5 Å². The molecule has 1 amide bonds. The molecule has 0 aliphatic rings. The lowest BCUT2D eigenvalue weighted by atomic mass is 10.1. The maximum absolute atomic E-state index is 12.9. The van der Waals surface area contributed by atoms with Gasteiger partial charge in [-0.15, -0.1) is 0 Å². The average Bonchev–Trinajstić information content (AvgIpc) is 2.96. The Bertz CT molecular complexity index is 848. The molecule has 0 aliphatic carbocycles. The minimum absolute atomic E-state index is 0.0480. The standard InChI is InChI=1S/C17H14ClFN4O/c18-12-2-1-3-14(9-12)20-17(24)10-16-21-15(22-23-16)8-11-4-6-13(19)7-5-11/h1-7,9H,8,10H2,(H,20,24)(H,21,22,23). The highest BCUT2D eigenvalue weighted by molar-refractivity contribution is 6.30. The molecule has 0 bridgehead atoms. The second-order valence-electron chi connectivity index (χ2n) is 5.24. The number of nitrogens with zero attached hydrogens (tertiary/aromatic N) is 2. The molecule has 0 radical (unpaired) electrons. The van der Waals surface area contributed by atoms with Crippen molar-refractivity contribution in [3.63, 3.8) is 0 Å². The van der Waals surface area contributed by atoms with Crippen LogP contribution in [0.5, 0.6) is 0 Å². The summed E-state index contributed by atoms with van der Waals surface area (Å²) in [5.41, 5.74) is 1.53. The first-order valence-corrected chi connectivity index (χ1v) is 7.66. The van der Waals surface area contributed by atoms with Crippen molar-refractivity contribution >= 4 is 23.2 Å².